The van der Waals surface area contributed by atoms with E-state index in [0.717, 1.165) is 53.5 Å². The van der Waals surface area contributed by atoms with Crippen molar-refractivity contribution < 1.29 is 14.3 Å². The van der Waals surface area contributed by atoms with E-state index < -0.39 is 0 Å². The Balaban J connectivity index is 1.50. The number of aromatic nitrogens is 1. The van der Waals surface area contributed by atoms with Gasteiger partial charge in [0.25, 0.3) is 5.91 Å². The number of hydrogen-bond acceptors (Lipinski definition) is 3. The Morgan fingerprint density at radius 3 is 2.42 bits per heavy atom. The van der Waals surface area contributed by atoms with E-state index in [9.17, 15) is 9.59 Å². The first-order valence-electron chi connectivity index (χ1n) is 11.9. The molecule has 33 heavy (non-hydrogen) atoms. The second-order valence-electron chi connectivity index (χ2n) is 9.20. The average molecular weight is 446 g/mol. The highest BCUT2D eigenvalue weighted by molar-refractivity contribution is 6.07. The number of methoxy groups -OCH3 is 1. The number of para-hydroxylation sites is 1. The van der Waals surface area contributed by atoms with Crippen LogP contribution in [0.1, 0.15) is 66.2 Å². The smallest absolute Gasteiger partial charge is 0.272 e. The van der Waals surface area contributed by atoms with Crippen molar-refractivity contribution in [2.45, 2.75) is 50.6 Å². The normalized spacial score (nSPS) is 18.9. The van der Waals surface area contributed by atoms with Crippen LogP contribution in [-0.2, 0) is 11.8 Å². The number of benzene rings is 2. The van der Waals surface area contributed by atoms with Crippen LogP contribution in [-0.4, -0.2) is 41.0 Å². The quantitative estimate of drug-likeness (QED) is 0.585. The minimum absolute atomic E-state index is 0.0506. The van der Waals surface area contributed by atoms with Gasteiger partial charge < -0.3 is 19.5 Å². The summed E-state index contributed by atoms with van der Waals surface area (Å²) in [5, 5.41) is 4.26. The molecule has 3 aromatic rings. The molecule has 0 spiro atoms. The number of ether oxygens (including phenoxy) is 1. The molecule has 1 aliphatic carbocycles. The summed E-state index contributed by atoms with van der Waals surface area (Å²) in [7, 11) is 3.57. The topological polar surface area (TPSA) is 63.6 Å². The summed E-state index contributed by atoms with van der Waals surface area (Å²) in [6.07, 6.45) is 6.82. The number of fused-ring (bicyclic) bond motifs is 3. The molecular weight excluding hydrogens is 414 g/mol. The van der Waals surface area contributed by atoms with Gasteiger partial charge in [-0.15, -0.1) is 0 Å². The summed E-state index contributed by atoms with van der Waals surface area (Å²) in [6, 6.07) is 15.8. The fraction of sp³-hybridized carbons (Fsp3) is 0.407. The van der Waals surface area contributed by atoms with Crippen LogP contribution >= 0.6 is 0 Å². The predicted octanol–water partition coefficient (Wildman–Crippen LogP) is 4.57. The van der Waals surface area contributed by atoms with Crippen molar-refractivity contribution in [3.8, 4) is 5.75 Å². The molecule has 2 heterocycles. The maximum absolute atomic E-state index is 13.7. The number of rotatable bonds is 5. The number of nitrogens with one attached hydrogen (secondary N) is 1. The van der Waals surface area contributed by atoms with Gasteiger partial charge in [-0.3, -0.25) is 9.59 Å². The first-order chi connectivity index (χ1) is 16.1. The molecule has 1 N–H and O–H groups in total. The van der Waals surface area contributed by atoms with E-state index in [1.807, 2.05) is 54.1 Å². The van der Waals surface area contributed by atoms with Crippen LogP contribution in [0.2, 0.25) is 0 Å². The maximum atomic E-state index is 13.7. The molecule has 1 aromatic heterocycles. The van der Waals surface area contributed by atoms with Crippen molar-refractivity contribution in [3.05, 3.63) is 65.4 Å². The SMILES string of the molecule is COc1ccc([C@@H]2c3c(n(C)c4ccccc34)C(=O)N2CC(=O)NC2CCCCCC2)cc1. The summed E-state index contributed by atoms with van der Waals surface area (Å²) in [6.45, 7) is 0.0506. The second kappa shape index (κ2) is 8.93. The molecular formula is C27H31N3O3. The van der Waals surface area contributed by atoms with Crippen molar-refractivity contribution in [1.82, 2.24) is 14.8 Å². The Morgan fingerprint density at radius 2 is 1.73 bits per heavy atom. The van der Waals surface area contributed by atoms with Crippen molar-refractivity contribution >= 4 is 22.7 Å². The molecule has 0 bridgehead atoms. The third-order valence-corrected chi connectivity index (χ3v) is 7.16. The zero-order chi connectivity index (χ0) is 22.9. The van der Waals surface area contributed by atoms with Crippen molar-refractivity contribution in [3.63, 3.8) is 0 Å². The largest absolute Gasteiger partial charge is 0.497 e. The van der Waals surface area contributed by atoms with Gasteiger partial charge in [-0.25, -0.2) is 0 Å². The number of carbonyl (C=O) groups excluding carboxylic acids is 2. The Kier molecular flexibility index (Phi) is 5.83. The number of carbonyl (C=O) groups is 2. The first kappa shape index (κ1) is 21.6. The summed E-state index contributed by atoms with van der Waals surface area (Å²) < 4.78 is 7.30. The van der Waals surface area contributed by atoms with E-state index >= 15 is 0 Å². The fourth-order valence-corrected chi connectivity index (χ4v) is 5.51. The van der Waals surface area contributed by atoms with Gasteiger partial charge in [-0.1, -0.05) is 56.0 Å². The number of nitrogens with zero attached hydrogens (tertiary/aromatic N) is 2. The van der Waals surface area contributed by atoms with Crippen molar-refractivity contribution in [2.24, 2.45) is 7.05 Å². The Morgan fingerprint density at radius 1 is 1.03 bits per heavy atom. The lowest BCUT2D eigenvalue weighted by molar-refractivity contribution is -0.122. The van der Waals surface area contributed by atoms with Crippen molar-refractivity contribution in [1.29, 1.82) is 0 Å². The molecule has 0 unspecified atom stereocenters. The lowest BCUT2D eigenvalue weighted by atomic mass is 9.98. The number of aryl methyl sites for hydroxylation is 1. The molecule has 1 aliphatic heterocycles. The van der Waals surface area contributed by atoms with E-state index in [1.54, 1.807) is 12.0 Å². The monoisotopic (exact) mass is 445 g/mol. The van der Waals surface area contributed by atoms with Gasteiger partial charge in [-0.2, -0.15) is 0 Å². The third-order valence-electron chi connectivity index (χ3n) is 7.16. The summed E-state index contributed by atoms with van der Waals surface area (Å²) >= 11 is 0. The van der Waals surface area contributed by atoms with Crippen molar-refractivity contribution in [2.75, 3.05) is 13.7 Å². The van der Waals surface area contributed by atoms with Crippen LogP contribution in [0.3, 0.4) is 0 Å². The Hall–Kier alpha value is -3.28. The highest BCUT2D eigenvalue weighted by atomic mass is 16.5. The standard InChI is InChI=1S/C27H31N3O3/c1-29-22-12-8-7-11-21(22)24-25(18-13-15-20(33-2)16-14-18)30(27(32)26(24)29)17-23(31)28-19-9-5-3-4-6-10-19/h7-8,11-16,19,25H,3-6,9-10,17H2,1-2H3,(H,28,31)/t25-/m1/s1. The van der Waals surface area contributed by atoms with E-state index in [4.69, 9.17) is 4.74 Å². The van der Waals surface area contributed by atoms with E-state index in [-0.39, 0.29) is 30.4 Å². The molecule has 5 rings (SSSR count). The molecule has 2 amide bonds. The van der Waals surface area contributed by atoms with Crippen LogP contribution < -0.4 is 10.1 Å². The number of hydrogen-bond donors (Lipinski definition) is 1. The van der Waals surface area contributed by atoms with Gasteiger partial charge in [0.05, 0.1) is 13.2 Å². The fourth-order valence-electron chi connectivity index (χ4n) is 5.51. The summed E-state index contributed by atoms with van der Waals surface area (Å²) in [4.78, 5) is 28.5. The average Bonchev–Trinajstić information content (AvgIpc) is 3.12. The van der Waals surface area contributed by atoms with E-state index in [1.165, 1.54) is 12.8 Å². The van der Waals surface area contributed by atoms with Crippen LogP contribution in [0, 0.1) is 0 Å². The highest BCUT2D eigenvalue weighted by Crippen LogP contribution is 2.44. The Bertz CT molecular complexity index is 1170. The number of amides is 2. The van der Waals surface area contributed by atoms with Gasteiger partial charge in [0.15, 0.2) is 0 Å². The van der Waals surface area contributed by atoms with Crippen LogP contribution in [0.4, 0.5) is 0 Å². The molecule has 1 atom stereocenters. The second-order valence-corrected chi connectivity index (χ2v) is 9.20. The lowest BCUT2D eigenvalue weighted by Crippen LogP contribution is -2.43. The Labute approximate surface area is 194 Å². The van der Waals surface area contributed by atoms with Gasteiger partial charge in [-0.05, 0) is 36.6 Å². The van der Waals surface area contributed by atoms with Gasteiger partial charge in [0.2, 0.25) is 5.91 Å². The molecule has 172 valence electrons. The zero-order valence-electron chi connectivity index (χ0n) is 19.3. The molecule has 1 saturated carbocycles. The molecule has 6 nitrogen and oxygen atoms in total. The predicted molar refractivity (Wildman–Crippen MR) is 128 cm³/mol. The summed E-state index contributed by atoms with van der Waals surface area (Å²) in [5.41, 5.74) is 3.64. The van der Waals surface area contributed by atoms with Crippen LogP contribution in [0.25, 0.3) is 10.9 Å². The minimum atomic E-state index is -0.315. The van der Waals surface area contributed by atoms with Gasteiger partial charge in [0, 0.05) is 29.6 Å². The third kappa shape index (κ3) is 3.88. The van der Waals surface area contributed by atoms with Crippen LogP contribution in [0.15, 0.2) is 48.5 Å². The molecule has 1 fully saturated rings. The van der Waals surface area contributed by atoms with E-state index in [2.05, 4.69) is 11.4 Å². The van der Waals surface area contributed by atoms with Gasteiger partial charge >= 0.3 is 0 Å². The van der Waals surface area contributed by atoms with E-state index in [0.29, 0.717) is 5.69 Å². The summed E-state index contributed by atoms with van der Waals surface area (Å²) in [5.74, 6) is 0.588. The zero-order valence-corrected chi connectivity index (χ0v) is 19.3. The molecule has 6 heteroatoms. The lowest BCUT2D eigenvalue weighted by Gasteiger charge is -2.27. The highest BCUT2D eigenvalue weighted by Gasteiger charge is 2.42. The molecule has 2 aromatic carbocycles. The molecule has 0 radical (unpaired) electrons. The van der Waals surface area contributed by atoms with Crippen LogP contribution in [0.5, 0.6) is 5.75 Å². The maximum Gasteiger partial charge on any atom is 0.272 e. The van der Waals surface area contributed by atoms with Gasteiger partial charge in [0.1, 0.15) is 18.0 Å². The first-order valence-corrected chi connectivity index (χ1v) is 11.9. The molecule has 2 aliphatic rings. The minimum Gasteiger partial charge on any atom is -0.497 e. The molecule has 0 saturated heterocycles.